The van der Waals surface area contributed by atoms with Crippen molar-refractivity contribution in [1.29, 1.82) is 0 Å². The van der Waals surface area contributed by atoms with E-state index in [1.807, 2.05) is 0 Å². The van der Waals surface area contributed by atoms with Gasteiger partial charge in [-0.2, -0.15) is 18.2 Å². The van der Waals surface area contributed by atoms with Crippen LogP contribution in [0.5, 0.6) is 0 Å². The molecule has 140 valence electrons. The molecule has 27 heavy (non-hydrogen) atoms. The molecule has 0 bridgehead atoms. The Labute approximate surface area is 155 Å². The fraction of sp³-hybridized carbons (Fsp3) is 0.125. The van der Waals surface area contributed by atoms with Gasteiger partial charge >= 0.3 is 18.1 Å². The number of rotatable bonds is 4. The van der Waals surface area contributed by atoms with E-state index in [1.165, 1.54) is 18.3 Å². The number of aromatic nitrogens is 3. The molecular formula is C16H11ClF3N5O2. The van der Waals surface area contributed by atoms with Crippen LogP contribution >= 0.6 is 11.6 Å². The molecule has 11 heteroatoms. The first-order valence-corrected chi connectivity index (χ1v) is 7.86. The van der Waals surface area contributed by atoms with Crippen LogP contribution in [0, 0.1) is 0 Å². The molecule has 0 fully saturated rings. The van der Waals surface area contributed by atoms with E-state index in [9.17, 15) is 18.0 Å². The van der Waals surface area contributed by atoms with Crippen LogP contribution in [0.15, 0.2) is 47.1 Å². The third-order valence-electron chi connectivity index (χ3n) is 3.30. The summed E-state index contributed by atoms with van der Waals surface area (Å²) in [4.78, 5) is 19.2. The number of hydrogen-bond acceptors (Lipinski definition) is 5. The highest BCUT2D eigenvalue weighted by Crippen LogP contribution is 2.29. The summed E-state index contributed by atoms with van der Waals surface area (Å²) in [6.45, 7) is 0.0939. The Morgan fingerprint density at radius 1 is 1.19 bits per heavy atom. The number of alkyl halides is 3. The summed E-state index contributed by atoms with van der Waals surface area (Å²) in [6, 6.07) is 9.26. The normalized spacial score (nSPS) is 11.3. The Morgan fingerprint density at radius 3 is 2.59 bits per heavy atom. The minimum Gasteiger partial charge on any atom is -0.332 e. The lowest BCUT2D eigenvalue weighted by Crippen LogP contribution is -2.28. The number of para-hydroxylation sites is 1. The SMILES string of the molecule is O=C(NCc1ccc(-c2noc(C(F)(F)F)n2)cn1)Nc1ccccc1Cl. The number of anilines is 1. The molecule has 2 amide bonds. The topological polar surface area (TPSA) is 92.9 Å². The molecule has 0 atom stereocenters. The molecule has 0 radical (unpaired) electrons. The van der Waals surface area contributed by atoms with Gasteiger partial charge in [0, 0.05) is 11.8 Å². The van der Waals surface area contributed by atoms with Gasteiger partial charge < -0.3 is 15.2 Å². The summed E-state index contributed by atoms with van der Waals surface area (Å²) < 4.78 is 41.6. The molecular weight excluding hydrogens is 387 g/mol. The van der Waals surface area contributed by atoms with E-state index in [0.29, 0.717) is 16.4 Å². The molecule has 0 aliphatic carbocycles. The number of halogens is 4. The second kappa shape index (κ2) is 7.62. The van der Waals surface area contributed by atoms with Crippen molar-refractivity contribution in [2.75, 3.05) is 5.32 Å². The van der Waals surface area contributed by atoms with Crippen molar-refractivity contribution in [3.05, 3.63) is 59.2 Å². The predicted molar refractivity (Wildman–Crippen MR) is 89.8 cm³/mol. The fourth-order valence-electron chi connectivity index (χ4n) is 2.02. The average molecular weight is 398 g/mol. The number of nitrogens with zero attached hydrogens (tertiary/aromatic N) is 3. The minimum absolute atomic E-state index is 0.0939. The Morgan fingerprint density at radius 2 is 1.96 bits per heavy atom. The van der Waals surface area contributed by atoms with Gasteiger partial charge in [-0.05, 0) is 24.3 Å². The fourth-order valence-corrected chi connectivity index (χ4v) is 2.20. The number of carbonyl (C=O) groups excluding carboxylic acids is 1. The molecule has 7 nitrogen and oxygen atoms in total. The van der Waals surface area contributed by atoms with Crippen molar-refractivity contribution in [2.24, 2.45) is 0 Å². The van der Waals surface area contributed by atoms with E-state index >= 15 is 0 Å². The zero-order chi connectivity index (χ0) is 19.4. The Bertz CT molecular complexity index is 944. The zero-order valence-corrected chi connectivity index (χ0v) is 14.2. The molecule has 1 aromatic carbocycles. The van der Waals surface area contributed by atoms with Crippen molar-refractivity contribution >= 4 is 23.3 Å². The molecule has 2 heterocycles. The summed E-state index contributed by atoms with van der Waals surface area (Å²) in [5.74, 6) is -1.66. The molecule has 0 unspecified atom stereocenters. The lowest BCUT2D eigenvalue weighted by atomic mass is 10.2. The van der Waals surface area contributed by atoms with E-state index in [4.69, 9.17) is 11.6 Å². The summed E-state index contributed by atoms with van der Waals surface area (Å²) in [5.41, 5.74) is 1.18. The van der Waals surface area contributed by atoms with Gasteiger partial charge in [-0.15, -0.1) is 0 Å². The van der Waals surface area contributed by atoms with Gasteiger partial charge in [0.25, 0.3) is 0 Å². The van der Waals surface area contributed by atoms with Gasteiger partial charge in [-0.1, -0.05) is 28.9 Å². The number of hydrogen-bond donors (Lipinski definition) is 2. The molecule has 0 saturated heterocycles. The first kappa shape index (κ1) is 18.6. The van der Waals surface area contributed by atoms with E-state index in [0.717, 1.165) is 0 Å². The van der Waals surface area contributed by atoms with Crippen LogP contribution in [-0.4, -0.2) is 21.2 Å². The van der Waals surface area contributed by atoms with Crippen molar-refractivity contribution in [1.82, 2.24) is 20.4 Å². The van der Waals surface area contributed by atoms with E-state index in [2.05, 4.69) is 30.3 Å². The maximum atomic E-state index is 12.5. The highest BCUT2D eigenvalue weighted by molar-refractivity contribution is 6.33. The van der Waals surface area contributed by atoms with Crippen LogP contribution in [-0.2, 0) is 12.7 Å². The molecule has 0 spiro atoms. The Kier molecular flexibility index (Phi) is 5.26. The van der Waals surface area contributed by atoms with Gasteiger partial charge in [0.1, 0.15) is 0 Å². The van der Waals surface area contributed by atoms with E-state index < -0.39 is 18.1 Å². The van der Waals surface area contributed by atoms with Crippen molar-refractivity contribution in [3.63, 3.8) is 0 Å². The highest BCUT2D eigenvalue weighted by atomic mass is 35.5. The number of pyridine rings is 1. The highest BCUT2D eigenvalue weighted by Gasteiger charge is 2.38. The standard InChI is InChI=1S/C16H11ClF3N5O2/c17-11-3-1-2-4-12(11)23-15(26)22-8-10-6-5-9(7-21-10)13-24-14(27-25-13)16(18,19)20/h1-7H,8H2,(H2,22,23,26). The van der Waals surface area contributed by atoms with Gasteiger partial charge in [-0.3, -0.25) is 4.98 Å². The van der Waals surface area contributed by atoms with Gasteiger partial charge in [0.05, 0.1) is 22.9 Å². The third-order valence-corrected chi connectivity index (χ3v) is 3.63. The third kappa shape index (κ3) is 4.73. The second-order valence-electron chi connectivity index (χ2n) is 5.25. The first-order chi connectivity index (χ1) is 12.8. The lowest BCUT2D eigenvalue weighted by molar-refractivity contribution is -0.159. The molecule has 3 aromatic rings. The molecule has 0 saturated carbocycles. The average Bonchev–Trinajstić information content (AvgIpc) is 3.13. The van der Waals surface area contributed by atoms with E-state index in [-0.39, 0.29) is 17.9 Å². The van der Waals surface area contributed by atoms with Gasteiger partial charge in [-0.25, -0.2) is 4.79 Å². The van der Waals surface area contributed by atoms with Crippen LogP contribution in [0.4, 0.5) is 23.7 Å². The summed E-state index contributed by atoms with van der Waals surface area (Å²) in [5, 5.41) is 8.84. The van der Waals surface area contributed by atoms with Crippen molar-refractivity contribution in [3.8, 4) is 11.4 Å². The van der Waals surface area contributed by atoms with Gasteiger partial charge in [0.2, 0.25) is 5.82 Å². The lowest BCUT2D eigenvalue weighted by Gasteiger charge is -2.08. The maximum Gasteiger partial charge on any atom is 0.471 e. The summed E-state index contributed by atoms with van der Waals surface area (Å²) in [7, 11) is 0. The summed E-state index contributed by atoms with van der Waals surface area (Å²) in [6.07, 6.45) is -3.43. The Hall–Kier alpha value is -3.14. The molecule has 0 aliphatic heterocycles. The van der Waals surface area contributed by atoms with Crippen molar-refractivity contribution < 1.29 is 22.5 Å². The van der Waals surface area contributed by atoms with Crippen LogP contribution in [0.2, 0.25) is 5.02 Å². The monoisotopic (exact) mass is 397 g/mol. The molecule has 0 aliphatic rings. The number of urea groups is 1. The van der Waals surface area contributed by atoms with Crippen LogP contribution in [0.3, 0.4) is 0 Å². The maximum absolute atomic E-state index is 12.5. The molecule has 2 N–H and O–H groups in total. The van der Waals surface area contributed by atoms with Crippen LogP contribution < -0.4 is 10.6 Å². The van der Waals surface area contributed by atoms with Gasteiger partial charge in [0.15, 0.2) is 0 Å². The predicted octanol–water partition coefficient (Wildman–Crippen LogP) is 4.13. The number of benzene rings is 1. The number of nitrogens with one attached hydrogen (secondary N) is 2. The van der Waals surface area contributed by atoms with Crippen LogP contribution in [0.1, 0.15) is 11.6 Å². The number of carbonyl (C=O) groups is 1. The number of amides is 2. The quantitative estimate of drug-likeness (QED) is 0.690. The summed E-state index contributed by atoms with van der Waals surface area (Å²) >= 11 is 5.95. The second-order valence-corrected chi connectivity index (χ2v) is 5.65. The zero-order valence-electron chi connectivity index (χ0n) is 13.4. The largest absolute Gasteiger partial charge is 0.471 e. The van der Waals surface area contributed by atoms with E-state index in [1.54, 1.807) is 24.3 Å². The smallest absolute Gasteiger partial charge is 0.332 e. The first-order valence-electron chi connectivity index (χ1n) is 7.48. The Balaban J connectivity index is 1.58. The minimum atomic E-state index is -4.71. The van der Waals surface area contributed by atoms with Crippen molar-refractivity contribution in [2.45, 2.75) is 12.7 Å². The molecule has 2 aromatic heterocycles. The molecule has 3 rings (SSSR count). The van der Waals surface area contributed by atoms with Crippen LogP contribution in [0.25, 0.3) is 11.4 Å².